The minimum Gasteiger partial charge on any atom is -0.472 e. The van der Waals surface area contributed by atoms with Crippen LogP contribution in [0.1, 0.15) is 31.2 Å². The highest BCUT2D eigenvalue weighted by Gasteiger charge is 2.46. The van der Waals surface area contributed by atoms with Gasteiger partial charge < -0.3 is 9.47 Å². The predicted molar refractivity (Wildman–Crippen MR) is 65.1 cm³/mol. The third-order valence-electron chi connectivity index (χ3n) is 4.10. The Bertz CT molecular complexity index is 435. The van der Waals surface area contributed by atoms with Crippen LogP contribution in [0.25, 0.3) is 0 Å². The molecule has 1 aliphatic heterocycles. The van der Waals surface area contributed by atoms with Crippen molar-refractivity contribution < 1.29 is 13.9 Å². The van der Waals surface area contributed by atoms with Gasteiger partial charge in [-0.2, -0.15) is 0 Å². The van der Waals surface area contributed by atoms with Gasteiger partial charge in [-0.3, -0.25) is 0 Å². The van der Waals surface area contributed by atoms with Crippen molar-refractivity contribution >= 4 is 0 Å². The SMILES string of the molecule is Cc1cnc(OC2CC3(CCOCC3)C2)c(F)c1. The molecular weight excluding hydrogens is 233 g/mol. The number of aryl methyl sites for hydroxylation is 1. The Labute approximate surface area is 106 Å². The van der Waals surface area contributed by atoms with Crippen molar-refractivity contribution in [3.05, 3.63) is 23.6 Å². The average Bonchev–Trinajstić information content (AvgIpc) is 2.32. The minimum atomic E-state index is -0.358. The third-order valence-corrected chi connectivity index (χ3v) is 4.10. The van der Waals surface area contributed by atoms with Gasteiger partial charge in [0, 0.05) is 19.4 Å². The van der Waals surface area contributed by atoms with Gasteiger partial charge in [-0.15, -0.1) is 0 Å². The van der Waals surface area contributed by atoms with Gasteiger partial charge in [-0.1, -0.05) is 0 Å². The molecule has 3 nitrogen and oxygen atoms in total. The van der Waals surface area contributed by atoms with E-state index in [1.807, 2.05) is 6.92 Å². The summed E-state index contributed by atoms with van der Waals surface area (Å²) < 4.78 is 24.6. The summed E-state index contributed by atoms with van der Waals surface area (Å²) in [5.74, 6) is -0.213. The molecule has 0 N–H and O–H groups in total. The van der Waals surface area contributed by atoms with Gasteiger partial charge in [0.25, 0.3) is 5.88 Å². The number of hydrogen-bond donors (Lipinski definition) is 0. The second-order valence-electron chi connectivity index (χ2n) is 5.56. The molecule has 2 fully saturated rings. The zero-order valence-corrected chi connectivity index (χ0v) is 10.6. The molecule has 0 atom stereocenters. The van der Waals surface area contributed by atoms with Gasteiger partial charge in [0.2, 0.25) is 0 Å². The first kappa shape index (κ1) is 11.9. The Morgan fingerprint density at radius 3 is 2.78 bits per heavy atom. The summed E-state index contributed by atoms with van der Waals surface area (Å²) in [6.45, 7) is 3.52. The topological polar surface area (TPSA) is 31.4 Å². The van der Waals surface area contributed by atoms with E-state index in [-0.39, 0.29) is 17.8 Å². The summed E-state index contributed by atoms with van der Waals surface area (Å²) >= 11 is 0. The van der Waals surface area contributed by atoms with Crippen LogP contribution in [0.3, 0.4) is 0 Å². The monoisotopic (exact) mass is 251 g/mol. The van der Waals surface area contributed by atoms with Gasteiger partial charge >= 0.3 is 0 Å². The zero-order valence-electron chi connectivity index (χ0n) is 10.6. The summed E-state index contributed by atoms with van der Waals surface area (Å²) in [4.78, 5) is 4.01. The van der Waals surface area contributed by atoms with Gasteiger partial charge in [-0.05, 0) is 49.7 Å². The molecule has 1 aliphatic carbocycles. The highest BCUT2D eigenvalue weighted by atomic mass is 19.1. The third kappa shape index (κ3) is 2.21. The van der Waals surface area contributed by atoms with E-state index in [0.29, 0.717) is 5.41 Å². The molecule has 1 saturated heterocycles. The molecule has 0 amide bonds. The van der Waals surface area contributed by atoms with E-state index in [9.17, 15) is 4.39 Å². The summed E-state index contributed by atoms with van der Waals surface area (Å²) in [6, 6.07) is 1.46. The number of ether oxygens (including phenoxy) is 2. The molecule has 1 saturated carbocycles. The van der Waals surface area contributed by atoms with Gasteiger partial charge in [-0.25, -0.2) is 9.37 Å². The second-order valence-corrected chi connectivity index (χ2v) is 5.56. The van der Waals surface area contributed by atoms with Crippen molar-refractivity contribution in [3.8, 4) is 5.88 Å². The van der Waals surface area contributed by atoms with Gasteiger partial charge in [0.05, 0.1) is 0 Å². The van der Waals surface area contributed by atoms with E-state index in [1.165, 1.54) is 6.07 Å². The lowest BCUT2D eigenvalue weighted by Crippen LogP contribution is -2.47. The fourth-order valence-corrected chi connectivity index (χ4v) is 2.97. The van der Waals surface area contributed by atoms with Crippen LogP contribution in [0.15, 0.2) is 12.3 Å². The standard InChI is InChI=1S/C14H18FNO2/c1-10-6-12(15)13(16-9-10)18-11-7-14(8-11)2-4-17-5-3-14/h6,9,11H,2-5,7-8H2,1H3. The highest BCUT2D eigenvalue weighted by Crippen LogP contribution is 2.49. The van der Waals surface area contributed by atoms with Crippen LogP contribution in [0.2, 0.25) is 0 Å². The maximum absolute atomic E-state index is 13.6. The van der Waals surface area contributed by atoms with Gasteiger partial charge in [0.1, 0.15) is 6.10 Å². The molecule has 0 unspecified atom stereocenters. The number of aromatic nitrogens is 1. The quantitative estimate of drug-likeness (QED) is 0.810. The Morgan fingerprint density at radius 2 is 2.11 bits per heavy atom. The fourth-order valence-electron chi connectivity index (χ4n) is 2.97. The van der Waals surface area contributed by atoms with Crippen molar-refractivity contribution in [2.45, 2.75) is 38.7 Å². The average molecular weight is 251 g/mol. The number of rotatable bonds is 2. The smallest absolute Gasteiger partial charge is 0.250 e. The first-order valence-electron chi connectivity index (χ1n) is 6.53. The van der Waals surface area contributed by atoms with Crippen LogP contribution in [-0.2, 0) is 4.74 Å². The molecule has 2 aliphatic rings. The van der Waals surface area contributed by atoms with E-state index < -0.39 is 0 Å². The van der Waals surface area contributed by atoms with E-state index in [0.717, 1.165) is 44.5 Å². The molecule has 4 heteroatoms. The normalized spacial score (nSPS) is 22.8. The predicted octanol–water partition coefficient (Wildman–Crippen LogP) is 2.87. The van der Waals surface area contributed by atoms with E-state index in [1.54, 1.807) is 6.20 Å². The lowest BCUT2D eigenvalue weighted by Gasteiger charge is -2.49. The lowest BCUT2D eigenvalue weighted by atomic mass is 9.62. The van der Waals surface area contributed by atoms with Crippen molar-refractivity contribution in [2.75, 3.05) is 13.2 Å². The first-order valence-corrected chi connectivity index (χ1v) is 6.53. The van der Waals surface area contributed by atoms with Crippen molar-refractivity contribution in [3.63, 3.8) is 0 Å². The van der Waals surface area contributed by atoms with Crippen molar-refractivity contribution in [2.24, 2.45) is 5.41 Å². The van der Waals surface area contributed by atoms with Crippen molar-refractivity contribution in [1.82, 2.24) is 4.98 Å². The molecule has 1 aromatic rings. The van der Waals surface area contributed by atoms with Crippen LogP contribution < -0.4 is 4.74 Å². The second kappa shape index (κ2) is 4.50. The molecule has 1 spiro atoms. The number of pyridine rings is 1. The molecule has 3 rings (SSSR count). The van der Waals surface area contributed by atoms with E-state index in [4.69, 9.17) is 9.47 Å². The molecule has 1 aromatic heterocycles. The summed E-state index contributed by atoms with van der Waals surface area (Å²) in [5, 5.41) is 0. The molecule has 0 bridgehead atoms. The van der Waals surface area contributed by atoms with E-state index >= 15 is 0 Å². The van der Waals surface area contributed by atoms with E-state index in [2.05, 4.69) is 4.98 Å². The van der Waals surface area contributed by atoms with Crippen LogP contribution in [0.5, 0.6) is 5.88 Å². The number of hydrogen-bond acceptors (Lipinski definition) is 3. The molecule has 18 heavy (non-hydrogen) atoms. The Balaban J connectivity index is 1.59. The Morgan fingerprint density at radius 1 is 1.39 bits per heavy atom. The molecule has 2 heterocycles. The minimum absolute atomic E-state index is 0.118. The summed E-state index contributed by atoms with van der Waals surface area (Å²) in [6.07, 6.45) is 5.98. The molecule has 0 aromatic carbocycles. The first-order chi connectivity index (χ1) is 8.67. The summed E-state index contributed by atoms with van der Waals surface area (Å²) in [7, 11) is 0. The maximum Gasteiger partial charge on any atom is 0.250 e. The van der Waals surface area contributed by atoms with Gasteiger partial charge in [0.15, 0.2) is 5.82 Å². The van der Waals surface area contributed by atoms with Crippen LogP contribution in [-0.4, -0.2) is 24.3 Å². The van der Waals surface area contributed by atoms with Crippen LogP contribution in [0, 0.1) is 18.2 Å². The lowest BCUT2D eigenvalue weighted by molar-refractivity contribution is -0.0877. The summed E-state index contributed by atoms with van der Waals surface area (Å²) in [5.41, 5.74) is 1.21. The zero-order chi connectivity index (χ0) is 12.6. The number of halogens is 1. The Kier molecular flexibility index (Phi) is 2.98. The largest absolute Gasteiger partial charge is 0.472 e. The fraction of sp³-hybridized carbons (Fsp3) is 0.643. The van der Waals surface area contributed by atoms with Crippen molar-refractivity contribution in [1.29, 1.82) is 0 Å². The van der Waals surface area contributed by atoms with Crippen LogP contribution >= 0.6 is 0 Å². The molecule has 0 radical (unpaired) electrons. The molecular formula is C14H18FNO2. The highest BCUT2D eigenvalue weighted by molar-refractivity contribution is 5.19. The van der Waals surface area contributed by atoms with Crippen LogP contribution in [0.4, 0.5) is 4.39 Å². The molecule has 98 valence electrons. The Hall–Kier alpha value is -1.16. The maximum atomic E-state index is 13.6. The number of nitrogens with zero attached hydrogens (tertiary/aromatic N) is 1.